The third kappa shape index (κ3) is 3.44. The Morgan fingerprint density at radius 3 is 2.33 bits per heavy atom. The SMILES string of the molecule is Cc1cccc(-c2ccc(CCC(C)N)cc2)c1. The Hall–Kier alpha value is -1.60. The van der Waals surface area contributed by atoms with Gasteiger partial charge in [0.1, 0.15) is 0 Å². The summed E-state index contributed by atoms with van der Waals surface area (Å²) in [6.45, 7) is 4.18. The molecule has 94 valence electrons. The molecule has 2 aromatic carbocycles. The highest BCUT2D eigenvalue weighted by atomic mass is 14.6. The molecule has 0 aromatic heterocycles. The van der Waals surface area contributed by atoms with E-state index in [2.05, 4.69) is 62.4 Å². The number of hydrogen-bond donors (Lipinski definition) is 1. The van der Waals surface area contributed by atoms with E-state index in [1.54, 1.807) is 0 Å². The molecule has 0 spiro atoms. The maximum atomic E-state index is 5.78. The van der Waals surface area contributed by atoms with Crippen LogP contribution in [0.4, 0.5) is 0 Å². The Labute approximate surface area is 110 Å². The fourth-order valence-corrected chi connectivity index (χ4v) is 2.08. The molecule has 0 aliphatic carbocycles. The third-order valence-corrected chi connectivity index (χ3v) is 3.19. The van der Waals surface area contributed by atoms with Gasteiger partial charge in [-0.25, -0.2) is 0 Å². The molecule has 1 unspecified atom stereocenters. The average molecular weight is 239 g/mol. The van der Waals surface area contributed by atoms with Crippen molar-refractivity contribution in [3.05, 3.63) is 59.7 Å². The quantitative estimate of drug-likeness (QED) is 0.859. The number of rotatable bonds is 4. The smallest absolute Gasteiger partial charge is 0.00136 e. The topological polar surface area (TPSA) is 26.0 Å². The Bertz CT molecular complexity index is 497. The van der Waals surface area contributed by atoms with Crippen molar-refractivity contribution >= 4 is 0 Å². The lowest BCUT2D eigenvalue weighted by atomic mass is 10.00. The van der Waals surface area contributed by atoms with Crippen LogP contribution in [0.2, 0.25) is 0 Å². The Balaban J connectivity index is 2.12. The lowest BCUT2D eigenvalue weighted by Gasteiger charge is -2.07. The zero-order valence-electron chi connectivity index (χ0n) is 11.2. The minimum atomic E-state index is 0.279. The van der Waals surface area contributed by atoms with E-state index in [4.69, 9.17) is 5.73 Å². The van der Waals surface area contributed by atoms with Crippen LogP contribution in [0.3, 0.4) is 0 Å². The summed E-state index contributed by atoms with van der Waals surface area (Å²) in [6, 6.07) is 17.7. The van der Waals surface area contributed by atoms with Gasteiger partial charge in [-0.3, -0.25) is 0 Å². The fourth-order valence-electron chi connectivity index (χ4n) is 2.08. The molecule has 0 fully saturated rings. The van der Waals surface area contributed by atoms with Crippen LogP contribution in [-0.2, 0) is 6.42 Å². The van der Waals surface area contributed by atoms with Gasteiger partial charge in [0.25, 0.3) is 0 Å². The van der Waals surface area contributed by atoms with Crippen molar-refractivity contribution in [3.63, 3.8) is 0 Å². The third-order valence-electron chi connectivity index (χ3n) is 3.19. The maximum absolute atomic E-state index is 5.78. The van der Waals surface area contributed by atoms with Crippen LogP contribution in [0.1, 0.15) is 24.5 Å². The summed E-state index contributed by atoms with van der Waals surface area (Å²) in [4.78, 5) is 0. The van der Waals surface area contributed by atoms with Crippen molar-refractivity contribution < 1.29 is 0 Å². The average Bonchev–Trinajstić information content (AvgIpc) is 2.37. The minimum absolute atomic E-state index is 0.279. The summed E-state index contributed by atoms with van der Waals surface area (Å²) in [6.07, 6.45) is 2.11. The van der Waals surface area contributed by atoms with Gasteiger partial charge in [-0.05, 0) is 43.4 Å². The molecule has 0 amide bonds. The Kier molecular flexibility index (Phi) is 4.16. The second-order valence-corrected chi connectivity index (χ2v) is 5.08. The van der Waals surface area contributed by atoms with E-state index >= 15 is 0 Å². The number of aryl methyl sites for hydroxylation is 2. The van der Waals surface area contributed by atoms with E-state index in [-0.39, 0.29) is 6.04 Å². The molecule has 1 heteroatoms. The zero-order chi connectivity index (χ0) is 13.0. The Morgan fingerprint density at radius 1 is 1.00 bits per heavy atom. The molecule has 2 N–H and O–H groups in total. The Morgan fingerprint density at radius 2 is 1.72 bits per heavy atom. The van der Waals surface area contributed by atoms with Crippen LogP contribution in [0.5, 0.6) is 0 Å². The van der Waals surface area contributed by atoms with Crippen LogP contribution in [0.25, 0.3) is 11.1 Å². The first-order valence-corrected chi connectivity index (χ1v) is 6.57. The first kappa shape index (κ1) is 12.8. The van der Waals surface area contributed by atoms with Gasteiger partial charge in [0.05, 0.1) is 0 Å². The first-order chi connectivity index (χ1) is 8.65. The normalized spacial score (nSPS) is 12.4. The molecule has 1 atom stereocenters. The second kappa shape index (κ2) is 5.83. The summed E-state index contributed by atoms with van der Waals surface area (Å²) in [5, 5.41) is 0. The minimum Gasteiger partial charge on any atom is -0.328 e. The zero-order valence-corrected chi connectivity index (χ0v) is 11.2. The predicted molar refractivity (Wildman–Crippen MR) is 78.6 cm³/mol. The van der Waals surface area contributed by atoms with Crippen molar-refractivity contribution in [3.8, 4) is 11.1 Å². The number of benzene rings is 2. The second-order valence-electron chi connectivity index (χ2n) is 5.08. The molecule has 0 saturated carbocycles. The van der Waals surface area contributed by atoms with E-state index in [1.807, 2.05) is 0 Å². The molecule has 0 bridgehead atoms. The van der Waals surface area contributed by atoms with Crippen molar-refractivity contribution in [2.45, 2.75) is 32.7 Å². The summed E-state index contributed by atoms with van der Waals surface area (Å²) < 4.78 is 0. The van der Waals surface area contributed by atoms with Gasteiger partial charge < -0.3 is 5.73 Å². The predicted octanol–water partition coefficient (Wildman–Crippen LogP) is 3.94. The largest absolute Gasteiger partial charge is 0.328 e. The van der Waals surface area contributed by atoms with E-state index in [0.29, 0.717) is 0 Å². The molecule has 0 radical (unpaired) electrons. The van der Waals surface area contributed by atoms with Gasteiger partial charge in [0, 0.05) is 6.04 Å². The van der Waals surface area contributed by atoms with Crippen molar-refractivity contribution in [2.24, 2.45) is 5.73 Å². The summed E-state index contributed by atoms with van der Waals surface area (Å²) in [7, 11) is 0. The lowest BCUT2D eigenvalue weighted by molar-refractivity contribution is 0.666. The molecule has 0 aliphatic rings. The van der Waals surface area contributed by atoms with Crippen molar-refractivity contribution in [1.82, 2.24) is 0 Å². The number of nitrogens with two attached hydrogens (primary N) is 1. The lowest BCUT2D eigenvalue weighted by Crippen LogP contribution is -2.15. The van der Waals surface area contributed by atoms with Crippen LogP contribution in [0, 0.1) is 6.92 Å². The van der Waals surface area contributed by atoms with Crippen LogP contribution in [-0.4, -0.2) is 6.04 Å². The highest BCUT2D eigenvalue weighted by Crippen LogP contribution is 2.21. The van der Waals surface area contributed by atoms with E-state index in [9.17, 15) is 0 Å². The molecule has 0 saturated heterocycles. The molecule has 18 heavy (non-hydrogen) atoms. The van der Waals surface area contributed by atoms with E-state index < -0.39 is 0 Å². The van der Waals surface area contributed by atoms with Crippen molar-refractivity contribution in [2.75, 3.05) is 0 Å². The van der Waals surface area contributed by atoms with Crippen LogP contribution >= 0.6 is 0 Å². The molecule has 2 rings (SSSR count). The van der Waals surface area contributed by atoms with Crippen LogP contribution in [0.15, 0.2) is 48.5 Å². The molecular formula is C17H21N. The summed E-state index contributed by atoms with van der Waals surface area (Å²) in [5.74, 6) is 0. The molecule has 2 aromatic rings. The van der Waals surface area contributed by atoms with Gasteiger partial charge in [0.15, 0.2) is 0 Å². The molecule has 0 aliphatic heterocycles. The monoisotopic (exact) mass is 239 g/mol. The maximum Gasteiger partial charge on any atom is 0.00136 e. The number of hydrogen-bond acceptors (Lipinski definition) is 1. The standard InChI is InChI=1S/C17H21N/c1-13-4-3-5-17(12-13)16-10-8-15(9-11-16)7-6-14(2)18/h3-5,8-12,14H,6-7,18H2,1-2H3. The van der Waals surface area contributed by atoms with Crippen molar-refractivity contribution in [1.29, 1.82) is 0 Å². The van der Waals surface area contributed by atoms with Crippen LogP contribution < -0.4 is 5.73 Å². The van der Waals surface area contributed by atoms with E-state index in [1.165, 1.54) is 22.3 Å². The highest BCUT2D eigenvalue weighted by Gasteiger charge is 2.00. The summed E-state index contributed by atoms with van der Waals surface area (Å²) in [5.41, 5.74) is 11.0. The van der Waals surface area contributed by atoms with Gasteiger partial charge in [-0.2, -0.15) is 0 Å². The molecule has 0 heterocycles. The van der Waals surface area contributed by atoms with Gasteiger partial charge >= 0.3 is 0 Å². The molecular weight excluding hydrogens is 218 g/mol. The van der Waals surface area contributed by atoms with E-state index in [0.717, 1.165) is 12.8 Å². The highest BCUT2D eigenvalue weighted by molar-refractivity contribution is 5.64. The summed E-state index contributed by atoms with van der Waals surface area (Å²) >= 11 is 0. The van der Waals surface area contributed by atoms with Gasteiger partial charge in [-0.15, -0.1) is 0 Å². The fraction of sp³-hybridized carbons (Fsp3) is 0.294. The van der Waals surface area contributed by atoms with Gasteiger partial charge in [0.2, 0.25) is 0 Å². The van der Waals surface area contributed by atoms with Gasteiger partial charge in [-0.1, -0.05) is 54.1 Å². The molecule has 1 nitrogen and oxygen atoms in total. The first-order valence-electron chi connectivity index (χ1n) is 6.57.